The van der Waals surface area contributed by atoms with Crippen molar-refractivity contribution in [3.05, 3.63) is 36.0 Å². The summed E-state index contributed by atoms with van der Waals surface area (Å²) in [6.07, 6.45) is 0. The third-order valence-electron chi connectivity index (χ3n) is 4.91. The maximum absolute atomic E-state index is 12.7. The minimum absolute atomic E-state index is 0.0416. The van der Waals surface area contributed by atoms with Crippen LogP contribution in [0.1, 0.15) is 10.5 Å². The van der Waals surface area contributed by atoms with E-state index in [1.54, 1.807) is 6.07 Å². The number of aromatic amines is 1. The smallest absolute Gasteiger partial charge is 0.314 e. The second-order valence-corrected chi connectivity index (χ2v) is 6.19. The molecule has 3 N–H and O–H groups in total. The SMILES string of the molecule is O=C1NC[C@@]2(C(=O)O)CN(C(=O)c3cc4ccccc4[nH]3)C[C@@H]12. The van der Waals surface area contributed by atoms with E-state index < -0.39 is 17.3 Å². The molecule has 0 bridgehead atoms. The lowest BCUT2D eigenvalue weighted by Gasteiger charge is -2.21. The van der Waals surface area contributed by atoms with Crippen molar-refractivity contribution in [2.24, 2.45) is 11.3 Å². The van der Waals surface area contributed by atoms with E-state index in [9.17, 15) is 19.5 Å². The highest BCUT2D eigenvalue weighted by Crippen LogP contribution is 2.40. The Balaban J connectivity index is 1.65. The number of nitrogens with zero attached hydrogens (tertiary/aromatic N) is 1. The molecule has 2 aliphatic rings. The Morgan fingerprint density at radius 1 is 1.30 bits per heavy atom. The number of rotatable bonds is 2. The molecule has 0 unspecified atom stereocenters. The predicted octanol–water partition coefficient (Wildman–Crippen LogP) is 0.441. The maximum Gasteiger partial charge on any atom is 0.314 e. The minimum Gasteiger partial charge on any atom is -0.481 e. The van der Waals surface area contributed by atoms with Gasteiger partial charge in [0.1, 0.15) is 11.1 Å². The molecule has 118 valence electrons. The summed E-state index contributed by atoms with van der Waals surface area (Å²) in [4.78, 5) is 40.8. The molecule has 2 amide bonds. The summed E-state index contributed by atoms with van der Waals surface area (Å²) in [5, 5.41) is 13.1. The number of aliphatic carboxylic acids is 1. The first kappa shape index (κ1) is 13.8. The van der Waals surface area contributed by atoms with Crippen molar-refractivity contribution in [1.29, 1.82) is 0 Å². The number of para-hydroxylation sites is 1. The molecule has 23 heavy (non-hydrogen) atoms. The standard InChI is InChI=1S/C16H15N3O4/c20-13-10-6-19(8-16(10,7-17-13)15(22)23)14(21)12-5-9-3-1-2-4-11(9)18-12/h1-5,10,18H,6-8H2,(H,17,20)(H,22,23)/t10-,16+/m0/s1. The average molecular weight is 313 g/mol. The predicted molar refractivity (Wildman–Crippen MR) is 80.8 cm³/mol. The highest BCUT2D eigenvalue weighted by Gasteiger charge is 2.60. The zero-order valence-electron chi connectivity index (χ0n) is 12.2. The van der Waals surface area contributed by atoms with Crippen LogP contribution in [-0.4, -0.2) is 52.4 Å². The lowest BCUT2D eigenvalue weighted by Crippen LogP contribution is -2.41. The maximum atomic E-state index is 12.7. The first-order valence-electron chi connectivity index (χ1n) is 7.39. The Morgan fingerprint density at radius 2 is 2.09 bits per heavy atom. The summed E-state index contributed by atoms with van der Waals surface area (Å²) in [5.41, 5.74) is 0.0479. The van der Waals surface area contributed by atoms with Gasteiger partial charge in [0.2, 0.25) is 5.91 Å². The van der Waals surface area contributed by atoms with Crippen LogP contribution in [0.3, 0.4) is 0 Å². The number of aromatic nitrogens is 1. The second kappa shape index (κ2) is 4.58. The van der Waals surface area contributed by atoms with Crippen LogP contribution in [0, 0.1) is 11.3 Å². The normalized spacial score (nSPS) is 26.3. The molecule has 0 radical (unpaired) electrons. The van der Waals surface area contributed by atoms with Gasteiger partial charge >= 0.3 is 5.97 Å². The van der Waals surface area contributed by atoms with Gasteiger partial charge in [-0.15, -0.1) is 0 Å². The number of carbonyl (C=O) groups excluding carboxylic acids is 2. The summed E-state index contributed by atoms with van der Waals surface area (Å²) < 4.78 is 0. The van der Waals surface area contributed by atoms with Crippen molar-refractivity contribution in [1.82, 2.24) is 15.2 Å². The first-order chi connectivity index (χ1) is 11.0. The molecule has 0 saturated carbocycles. The molecule has 7 nitrogen and oxygen atoms in total. The van der Waals surface area contributed by atoms with Crippen LogP contribution in [-0.2, 0) is 9.59 Å². The van der Waals surface area contributed by atoms with Gasteiger partial charge in [0.25, 0.3) is 5.91 Å². The molecular formula is C16H15N3O4. The summed E-state index contributed by atoms with van der Waals surface area (Å²) in [6, 6.07) is 9.27. The summed E-state index contributed by atoms with van der Waals surface area (Å²) in [6.45, 7) is 0.245. The highest BCUT2D eigenvalue weighted by atomic mass is 16.4. The van der Waals surface area contributed by atoms with E-state index in [2.05, 4.69) is 10.3 Å². The van der Waals surface area contributed by atoms with Crippen molar-refractivity contribution < 1.29 is 19.5 Å². The monoisotopic (exact) mass is 313 g/mol. The quantitative estimate of drug-likeness (QED) is 0.748. The van der Waals surface area contributed by atoms with E-state index in [4.69, 9.17) is 0 Å². The molecule has 2 fully saturated rings. The fraction of sp³-hybridized carbons (Fsp3) is 0.312. The Morgan fingerprint density at radius 3 is 2.78 bits per heavy atom. The molecule has 4 rings (SSSR count). The van der Waals surface area contributed by atoms with Crippen LogP contribution in [0.5, 0.6) is 0 Å². The van der Waals surface area contributed by atoms with Gasteiger partial charge < -0.3 is 20.3 Å². The molecule has 0 aliphatic carbocycles. The number of benzene rings is 1. The summed E-state index contributed by atoms with van der Waals surface area (Å²) in [7, 11) is 0. The van der Waals surface area contributed by atoms with Crippen LogP contribution in [0.2, 0.25) is 0 Å². The number of carbonyl (C=O) groups is 3. The van der Waals surface area contributed by atoms with Crippen LogP contribution in [0.15, 0.2) is 30.3 Å². The highest BCUT2D eigenvalue weighted by molar-refractivity contribution is 6.00. The van der Waals surface area contributed by atoms with E-state index in [0.29, 0.717) is 5.69 Å². The van der Waals surface area contributed by atoms with Crippen molar-refractivity contribution in [3.8, 4) is 0 Å². The Labute approximate surface area is 131 Å². The molecule has 2 aromatic rings. The fourth-order valence-electron chi connectivity index (χ4n) is 3.60. The van der Waals surface area contributed by atoms with E-state index >= 15 is 0 Å². The van der Waals surface area contributed by atoms with Crippen molar-refractivity contribution >= 4 is 28.7 Å². The average Bonchev–Trinajstić information content (AvgIpc) is 3.20. The zero-order chi connectivity index (χ0) is 16.2. The second-order valence-electron chi connectivity index (χ2n) is 6.19. The number of carboxylic acids is 1. The molecule has 1 aromatic heterocycles. The van der Waals surface area contributed by atoms with Gasteiger partial charge in [-0.2, -0.15) is 0 Å². The summed E-state index contributed by atoms with van der Waals surface area (Å²) in [5.74, 6) is -2.29. The molecule has 2 aliphatic heterocycles. The Kier molecular flexibility index (Phi) is 2.75. The zero-order valence-corrected chi connectivity index (χ0v) is 12.2. The van der Waals surface area contributed by atoms with Gasteiger partial charge in [-0.3, -0.25) is 14.4 Å². The molecule has 1 aromatic carbocycles. The first-order valence-corrected chi connectivity index (χ1v) is 7.39. The number of fused-ring (bicyclic) bond motifs is 2. The van der Waals surface area contributed by atoms with Crippen LogP contribution in [0.25, 0.3) is 10.9 Å². The van der Waals surface area contributed by atoms with Crippen molar-refractivity contribution in [2.75, 3.05) is 19.6 Å². The van der Waals surface area contributed by atoms with Gasteiger partial charge in [-0.1, -0.05) is 18.2 Å². The van der Waals surface area contributed by atoms with E-state index in [1.165, 1.54) is 4.90 Å². The molecule has 3 heterocycles. The van der Waals surface area contributed by atoms with Crippen LogP contribution < -0.4 is 5.32 Å². The number of hydrogen-bond donors (Lipinski definition) is 3. The number of H-pyrrole nitrogens is 1. The molecule has 2 saturated heterocycles. The van der Waals surface area contributed by atoms with Crippen LogP contribution in [0.4, 0.5) is 0 Å². The van der Waals surface area contributed by atoms with Gasteiger partial charge in [-0.05, 0) is 12.1 Å². The van der Waals surface area contributed by atoms with Crippen molar-refractivity contribution in [3.63, 3.8) is 0 Å². The van der Waals surface area contributed by atoms with Crippen molar-refractivity contribution in [2.45, 2.75) is 0 Å². The summed E-state index contributed by atoms with van der Waals surface area (Å²) >= 11 is 0. The van der Waals surface area contributed by atoms with Gasteiger partial charge in [-0.25, -0.2) is 0 Å². The number of nitrogens with one attached hydrogen (secondary N) is 2. The topological polar surface area (TPSA) is 102 Å². The van der Waals surface area contributed by atoms with E-state index in [0.717, 1.165) is 10.9 Å². The Hall–Kier alpha value is -2.83. The molecular weight excluding hydrogens is 298 g/mol. The lowest BCUT2D eigenvalue weighted by molar-refractivity contribution is -0.149. The van der Waals surface area contributed by atoms with Gasteiger partial charge in [0.15, 0.2) is 0 Å². The third-order valence-corrected chi connectivity index (χ3v) is 4.91. The van der Waals surface area contributed by atoms with Gasteiger partial charge in [0.05, 0.1) is 5.92 Å². The molecule has 7 heteroatoms. The number of carboxylic acid groups (broad SMARTS) is 1. The largest absolute Gasteiger partial charge is 0.481 e. The Bertz CT molecular complexity index is 810. The molecule has 2 atom stereocenters. The van der Waals surface area contributed by atoms with E-state index in [-0.39, 0.29) is 31.4 Å². The number of amides is 2. The fourth-order valence-corrected chi connectivity index (χ4v) is 3.60. The van der Waals surface area contributed by atoms with E-state index in [1.807, 2.05) is 24.3 Å². The number of likely N-dealkylation sites (tertiary alicyclic amines) is 1. The molecule has 0 spiro atoms. The van der Waals surface area contributed by atoms with Crippen LogP contribution >= 0.6 is 0 Å². The van der Waals surface area contributed by atoms with Gasteiger partial charge in [0, 0.05) is 30.5 Å². The minimum atomic E-state index is -1.21. The lowest BCUT2D eigenvalue weighted by atomic mass is 9.81. The number of hydrogen-bond acceptors (Lipinski definition) is 3. The third kappa shape index (κ3) is 1.86.